The molecule has 8 heteroatoms. The second-order valence-electron chi connectivity index (χ2n) is 6.16. The number of aromatic nitrogens is 4. The number of amides is 1. The van der Waals surface area contributed by atoms with Crippen LogP contribution in [0.1, 0.15) is 32.3 Å². The molecule has 0 saturated heterocycles. The van der Waals surface area contributed by atoms with Crippen molar-refractivity contribution in [2.45, 2.75) is 27.3 Å². The zero-order chi connectivity index (χ0) is 18.8. The van der Waals surface area contributed by atoms with E-state index >= 15 is 0 Å². The zero-order valence-electron chi connectivity index (χ0n) is 15.0. The van der Waals surface area contributed by atoms with Crippen molar-refractivity contribution >= 4 is 17.2 Å². The summed E-state index contributed by atoms with van der Waals surface area (Å²) in [4.78, 5) is 42.0. The number of pyridine rings is 1. The molecule has 3 heterocycles. The maximum Gasteiger partial charge on any atom is 0.264 e. The van der Waals surface area contributed by atoms with E-state index in [0.717, 1.165) is 22.0 Å². The van der Waals surface area contributed by atoms with Crippen molar-refractivity contribution in [2.75, 3.05) is 7.05 Å². The van der Waals surface area contributed by atoms with Crippen LogP contribution in [0.3, 0.4) is 0 Å². The number of nitrogens with one attached hydrogen (secondary N) is 1. The van der Waals surface area contributed by atoms with Gasteiger partial charge < -0.3 is 9.88 Å². The van der Waals surface area contributed by atoms with Gasteiger partial charge in [-0.2, -0.15) is 0 Å². The molecule has 3 aromatic heterocycles. The SMILES string of the molecule is Cc1cc(C)nc(CN(C)C(=O)c2cnc(-c3csc(C)n3)[nH]c2=O)c1. The summed E-state index contributed by atoms with van der Waals surface area (Å²) in [6.07, 6.45) is 1.30. The third kappa shape index (κ3) is 3.85. The van der Waals surface area contributed by atoms with Crippen molar-refractivity contribution in [2.24, 2.45) is 0 Å². The first-order chi connectivity index (χ1) is 12.3. The summed E-state index contributed by atoms with van der Waals surface area (Å²) in [6, 6.07) is 3.89. The van der Waals surface area contributed by atoms with Gasteiger partial charge in [-0.3, -0.25) is 14.6 Å². The fraction of sp³-hybridized carbons (Fsp3) is 0.278. The van der Waals surface area contributed by atoms with E-state index in [4.69, 9.17) is 0 Å². The molecule has 0 saturated carbocycles. The number of aryl methyl sites for hydroxylation is 3. The van der Waals surface area contributed by atoms with E-state index in [1.54, 1.807) is 7.05 Å². The number of hydrogen-bond acceptors (Lipinski definition) is 6. The largest absolute Gasteiger partial charge is 0.336 e. The van der Waals surface area contributed by atoms with Crippen LogP contribution in [0.5, 0.6) is 0 Å². The number of rotatable bonds is 4. The van der Waals surface area contributed by atoms with Crippen LogP contribution < -0.4 is 5.56 Å². The molecule has 0 unspecified atom stereocenters. The van der Waals surface area contributed by atoms with E-state index in [0.29, 0.717) is 18.1 Å². The number of carbonyl (C=O) groups is 1. The molecule has 1 amide bonds. The highest BCUT2D eigenvalue weighted by Gasteiger charge is 2.18. The fourth-order valence-corrected chi connectivity index (χ4v) is 3.27. The maximum atomic E-state index is 12.6. The molecule has 7 nitrogen and oxygen atoms in total. The lowest BCUT2D eigenvalue weighted by Crippen LogP contribution is -2.32. The first kappa shape index (κ1) is 17.9. The average molecular weight is 369 g/mol. The summed E-state index contributed by atoms with van der Waals surface area (Å²) in [7, 11) is 1.64. The number of aromatic amines is 1. The summed E-state index contributed by atoms with van der Waals surface area (Å²) < 4.78 is 0. The van der Waals surface area contributed by atoms with Crippen LogP contribution in [-0.2, 0) is 6.54 Å². The predicted molar refractivity (Wildman–Crippen MR) is 100 cm³/mol. The van der Waals surface area contributed by atoms with Gasteiger partial charge in [0.2, 0.25) is 0 Å². The number of H-pyrrole nitrogens is 1. The molecule has 3 rings (SSSR count). The third-order valence-electron chi connectivity index (χ3n) is 3.79. The van der Waals surface area contributed by atoms with E-state index in [1.807, 2.05) is 38.3 Å². The van der Waals surface area contributed by atoms with Crippen LogP contribution in [-0.4, -0.2) is 37.8 Å². The molecule has 0 atom stereocenters. The van der Waals surface area contributed by atoms with Gasteiger partial charge in [0.25, 0.3) is 11.5 Å². The summed E-state index contributed by atoms with van der Waals surface area (Å²) >= 11 is 1.47. The molecular formula is C18H19N5O2S. The van der Waals surface area contributed by atoms with Gasteiger partial charge in [-0.05, 0) is 38.5 Å². The van der Waals surface area contributed by atoms with Crippen molar-refractivity contribution in [1.82, 2.24) is 24.8 Å². The smallest absolute Gasteiger partial charge is 0.264 e. The Morgan fingerprint density at radius 3 is 2.62 bits per heavy atom. The molecule has 0 aromatic carbocycles. The van der Waals surface area contributed by atoms with Crippen LogP contribution in [0.25, 0.3) is 11.5 Å². The Hall–Kier alpha value is -2.87. The first-order valence-corrected chi connectivity index (χ1v) is 8.93. The third-order valence-corrected chi connectivity index (χ3v) is 4.56. The maximum absolute atomic E-state index is 12.6. The molecule has 0 spiro atoms. The minimum atomic E-state index is -0.481. The molecule has 0 aliphatic carbocycles. The summed E-state index contributed by atoms with van der Waals surface area (Å²) in [5, 5.41) is 2.69. The molecule has 0 radical (unpaired) electrons. The molecule has 3 aromatic rings. The van der Waals surface area contributed by atoms with E-state index in [-0.39, 0.29) is 5.56 Å². The summed E-state index contributed by atoms with van der Waals surface area (Å²) in [5.74, 6) is -0.0461. The van der Waals surface area contributed by atoms with Crippen molar-refractivity contribution in [1.29, 1.82) is 0 Å². The number of thiazole rings is 1. The lowest BCUT2D eigenvalue weighted by Gasteiger charge is -2.17. The van der Waals surface area contributed by atoms with Gasteiger partial charge >= 0.3 is 0 Å². The number of carbonyl (C=O) groups excluding carboxylic acids is 1. The monoisotopic (exact) mass is 369 g/mol. The highest BCUT2D eigenvalue weighted by molar-refractivity contribution is 7.09. The lowest BCUT2D eigenvalue weighted by molar-refractivity contribution is 0.0781. The molecule has 0 bridgehead atoms. The molecule has 26 heavy (non-hydrogen) atoms. The topological polar surface area (TPSA) is 91.8 Å². The molecule has 134 valence electrons. The van der Waals surface area contributed by atoms with Gasteiger partial charge in [0.1, 0.15) is 11.3 Å². The molecular weight excluding hydrogens is 350 g/mol. The van der Waals surface area contributed by atoms with Gasteiger partial charge in [-0.15, -0.1) is 11.3 Å². The van der Waals surface area contributed by atoms with E-state index < -0.39 is 11.5 Å². The average Bonchev–Trinajstić information content (AvgIpc) is 2.99. The van der Waals surface area contributed by atoms with Crippen LogP contribution in [0.15, 0.2) is 28.5 Å². The Bertz CT molecular complexity index is 1000. The summed E-state index contributed by atoms with van der Waals surface area (Å²) in [5.41, 5.74) is 2.85. The lowest BCUT2D eigenvalue weighted by atomic mass is 10.2. The molecule has 0 aliphatic heterocycles. The number of nitrogens with zero attached hydrogens (tertiary/aromatic N) is 4. The van der Waals surface area contributed by atoms with E-state index in [9.17, 15) is 9.59 Å². The van der Waals surface area contributed by atoms with Gasteiger partial charge in [-0.25, -0.2) is 9.97 Å². The standard InChI is InChI=1S/C18H19N5O2S/c1-10-5-11(2)20-13(6-10)8-23(4)18(25)14-7-19-16(22-17(14)24)15-9-26-12(3)21-15/h5-7,9H,8H2,1-4H3,(H,19,22,24). The van der Waals surface area contributed by atoms with Gasteiger partial charge in [0, 0.05) is 24.3 Å². The first-order valence-electron chi connectivity index (χ1n) is 8.05. The summed E-state index contributed by atoms with van der Waals surface area (Å²) in [6.45, 7) is 6.08. The Morgan fingerprint density at radius 2 is 2.00 bits per heavy atom. The quantitative estimate of drug-likeness (QED) is 0.763. The number of hydrogen-bond donors (Lipinski definition) is 1. The minimum absolute atomic E-state index is 0.00687. The van der Waals surface area contributed by atoms with Gasteiger partial charge in [-0.1, -0.05) is 0 Å². The van der Waals surface area contributed by atoms with Gasteiger partial charge in [0.05, 0.1) is 17.2 Å². The highest BCUT2D eigenvalue weighted by Crippen LogP contribution is 2.16. The van der Waals surface area contributed by atoms with Crippen molar-refractivity contribution in [3.8, 4) is 11.5 Å². The van der Waals surface area contributed by atoms with Crippen LogP contribution in [0.2, 0.25) is 0 Å². The normalized spacial score (nSPS) is 10.8. The molecule has 0 aliphatic rings. The second kappa shape index (κ2) is 7.17. The van der Waals surface area contributed by atoms with Gasteiger partial charge in [0.15, 0.2) is 5.82 Å². The van der Waals surface area contributed by atoms with E-state index in [2.05, 4.69) is 19.9 Å². The Morgan fingerprint density at radius 1 is 1.23 bits per heavy atom. The van der Waals surface area contributed by atoms with Crippen molar-refractivity contribution in [3.63, 3.8) is 0 Å². The Labute approximate surface area is 154 Å². The zero-order valence-corrected chi connectivity index (χ0v) is 15.8. The van der Waals surface area contributed by atoms with Crippen molar-refractivity contribution in [3.05, 3.63) is 61.6 Å². The second-order valence-corrected chi connectivity index (χ2v) is 7.23. The fourth-order valence-electron chi connectivity index (χ4n) is 2.68. The van der Waals surface area contributed by atoms with Crippen molar-refractivity contribution < 1.29 is 4.79 Å². The van der Waals surface area contributed by atoms with E-state index in [1.165, 1.54) is 22.4 Å². The molecule has 1 N–H and O–H groups in total. The predicted octanol–water partition coefficient (Wildman–Crippen LogP) is 2.49. The Balaban J connectivity index is 1.81. The van der Waals surface area contributed by atoms with Crippen LogP contribution >= 0.6 is 11.3 Å². The Kier molecular flexibility index (Phi) is 4.94. The van der Waals surface area contributed by atoms with Crippen LogP contribution in [0.4, 0.5) is 0 Å². The molecule has 0 fully saturated rings. The minimum Gasteiger partial charge on any atom is -0.336 e. The highest BCUT2D eigenvalue weighted by atomic mass is 32.1. The van der Waals surface area contributed by atoms with Crippen LogP contribution in [0, 0.1) is 20.8 Å².